The highest BCUT2D eigenvalue weighted by Gasteiger charge is 2.19. The van der Waals surface area contributed by atoms with E-state index in [-0.39, 0.29) is 24.4 Å². The van der Waals surface area contributed by atoms with Crippen molar-refractivity contribution in [2.24, 2.45) is 0 Å². The van der Waals surface area contributed by atoms with E-state index in [0.29, 0.717) is 0 Å². The first kappa shape index (κ1) is 23.4. The zero-order valence-corrected chi connectivity index (χ0v) is 17.4. The molecule has 0 heterocycles. The Hall–Kier alpha value is -2.85. The largest absolute Gasteiger partial charge is 0.334 e. The maximum absolute atomic E-state index is 13.6. The molecule has 7 nitrogen and oxygen atoms in total. The number of amides is 2. The van der Waals surface area contributed by atoms with E-state index in [4.69, 9.17) is 0 Å². The number of carbonyl (C=O) groups excluding carboxylic acids is 2. The van der Waals surface area contributed by atoms with Gasteiger partial charge < -0.3 is 10.2 Å². The summed E-state index contributed by atoms with van der Waals surface area (Å²) in [5, 5.41) is 2.11. The first-order chi connectivity index (χ1) is 14.1. The Bertz CT molecular complexity index is 991. The van der Waals surface area contributed by atoms with Gasteiger partial charge in [0.2, 0.25) is 21.8 Å². The highest BCUT2D eigenvalue weighted by molar-refractivity contribution is 7.89. The van der Waals surface area contributed by atoms with E-state index < -0.39 is 45.7 Å². The van der Waals surface area contributed by atoms with E-state index in [0.717, 1.165) is 22.6 Å². The van der Waals surface area contributed by atoms with E-state index >= 15 is 0 Å². The molecule has 0 aliphatic heterocycles. The molecule has 30 heavy (non-hydrogen) atoms. The third kappa shape index (κ3) is 6.33. The second-order valence-corrected chi connectivity index (χ2v) is 8.28. The number of para-hydroxylation sites is 1. The van der Waals surface area contributed by atoms with Crippen LogP contribution in [0.2, 0.25) is 0 Å². The molecule has 0 aliphatic carbocycles. The van der Waals surface area contributed by atoms with Gasteiger partial charge in [0.25, 0.3) is 0 Å². The normalized spacial score (nSPS) is 11.2. The molecule has 0 spiro atoms. The number of hydrogen-bond acceptors (Lipinski definition) is 4. The minimum atomic E-state index is -3.76. The summed E-state index contributed by atoms with van der Waals surface area (Å²) in [6, 6.07) is 9.42. The van der Waals surface area contributed by atoms with Crippen molar-refractivity contribution < 1.29 is 26.8 Å². The predicted octanol–water partition coefficient (Wildman–Crippen LogP) is 2.43. The average molecular weight is 439 g/mol. The number of nitrogens with one attached hydrogen (secondary N) is 2. The van der Waals surface area contributed by atoms with Gasteiger partial charge >= 0.3 is 0 Å². The van der Waals surface area contributed by atoms with Crippen LogP contribution in [0, 0.1) is 18.6 Å². The van der Waals surface area contributed by atoms with Crippen molar-refractivity contribution in [1.82, 2.24) is 9.62 Å². The number of nitrogens with zero attached hydrogens (tertiary/aromatic N) is 1. The third-order valence-corrected chi connectivity index (χ3v) is 5.74. The predicted molar refractivity (Wildman–Crippen MR) is 108 cm³/mol. The molecule has 0 bridgehead atoms. The van der Waals surface area contributed by atoms with Gasteiger partial charge in [0.05, 0.1) is 11.4 Å². The zero-order valence-electron chi connectivity index (χ0n) is 16.6. The van der Waals surface area contributed by atoms with Crippen molar-refractivity contribution in [2.75, 3.05) is 25.0 Å². The SMILES string of the molecule is CCN(CC(=O)Nc1c(F)cccc1F)C(=O)CCNS(=O)(=O)c1ccc(C)cc1. The topological polar surface area (TPSA) is 95.6 Å². The smallest absolute Gasteiger partial charge is 0.244 e. The average Bonchev–Trinajstić information content (AvgIpc) is 2.69. The van der Waals surface area contributed by atoms with Gasteiger partial charge in [-0.3, -0.25) is 9.59 Å². The molecular weight excluding hydrogens is 416 g/mol. The van der Waals surface area contributed by atoms with Crippen molar-refractivity contribution in [1.29, 1.82) is 0 Å². The standard InChI is InChI=1S/C20H23F2N3O4S/c1-3-25(13-18(26)24-20-16(21)5-4-6-17(20)22)19(27)11-12-23-30(28,29)15-9-7-14(2)8-10-15/h4-10,23H,3,11-13H2,1-2H3,(H,24,26). The number of benzene rings is 2. The number of rotatable bonds is 9. The monoisotopic (exact) mass is 439 g/mol. The highest BCUT2D eigenvalue weighted by atomic mass is 32.2. The lowest BCUT2D eigenvalue weighted by Gasteiger charge is -2.20. The van der Waals surface area contributed by atoms with Gasteiger partial charge in [-0.05, 0) is 38.1 Å². The number of sulfonamides is 1. The summed E-state index contributed by atoms with van der Waals surface area (Å²) in [5.41, 5.74) is 0.327. The van der Waals surface area contributed by atoms with E-state index in [1.807, 2.05) is 6.92 Å². The maximum atomic E-state index is 13.6. The first-order valence-electron chi connectivity index (χ1n) is 9.22. The molecule has 0 fully saturated rings. The first-order valence-corrected chi connectivity index (χ1v) is 10.7. The van der Waals surface area contributed by atoms with Gasteiger partial charge in [-0.1, -0.05) is 23.8 Å². The Morgan fingerprint density at radius 2 is 1.63 bits per heavy atom. The van der Waals surface area contributed by atoms with Crippen LogP contribution < -0.4 is 10.0 Å². The van der Waals surface area contributed by atoms with Crippen LogP contribution in [0.4, 0.5) is 14.5 Å². The number of aryl methyl sites for hydroxylation is 1. The Balaban J connectivity index is 1.90. The van der Waals surface area contributed by atoms with Crippen LogP contribution in [0.1, 0.15) is 18.9 Å². The van der Waals surface area contributed by atoms with Crippen molar-refractivity contribution in [3.05, 3.63) is 59.7 Å². The molecule has 0 unspecified atom stereocenters. The molecular formula is C20H23F2N3O4S. The van der Waals surface area contributed by atoms with Gasteiger partial charge in [-0.25, -0.2) is 21.9 Å². The van der Waals surface area contributed by atoms with Crippen molar-refractivity contribution in [3.63, 3.8) is 0 Å². The minimum Gasteiger partial charge on any atom is -0.334 e. The molecule has 2 rings (SSSR count). The number of likely N-dealkylation sites (N-methyl/N-ethyl adjacent to an activating group) is 1. The Kier molecular flexibility index (Phi) is 8.01. The van der Waals surface area contributed by atoms with Crippen LogP contribution in [-0.4, -0.2) is 44.8 Å². The second-order valence-electron chi connectivity index (χ2n) is 6.51. The van der Waals surface area contributed by atoms with Gasteiger partial charge in [0.15, 0.2) is 0 Å². The van der Waals surface area contributed by atoms with Crippen LogP contribution in [0.15, 0.2) is 47.4 Å². The fourth-order valence-electron chi connectivity index (χ4n) is 2.60. The van der Waals surface area contributed by atoms with Crippen LogP contribution in [0.5, 0.6) is 0 Å². The molecule has 2 aromatic carbocycles. The molecule has 0 radical (unpaired) electrons. The zero-order chi connectivity index (χ0) is 22.3. The van der Waals surface area contributed by atoms with Gasteiger partial charge in [-0.15, -0.1) is 0 Å². The van der Waals surface area contributed by atoms with E-state index in [2.05, 4.69) is 10.0 Å². The molecule has 0 saturated carbocycles. The molecule has 2 N–H and O–H groups in total. The molecule has 2 aromatic rings. The Labute approximate surface area is 174 Å². The van der Waals surface area contributed by atoms with E-state index in [1.165, 1.54) is 18.2 Å². The number of hydrogen-bond donors (Lipinski definition) is 2. The van der Waals surface area contributed by atoms with Crippen LogP contribution >= 0.6 is 0 Å². The van der Waals surface area contributed by atoms with Gasteiger partial charge in [0.1, 0.15) is 17.3 Å². The molecule has 0 saturated heterocycles. The highest BCUT2D eigenvalue weighted by Crippen LogP contribution is 2.18. The second kappa shape index (κ2) is 10.3. The van der Waals surface area contributed by atoms with E-state index in [1.54, 1.807) is 19.1 Å². The number of anilines is 1. The van der Waals surface area contributed by atoms with Crippen LogP contribution in [-0.2, 0) is 19.6 Å². The minimum absolute atomic E-state index is 0.0826. The van der Waals surface area contributed by atoms with Crippen molar-refractivity contribution >= 4 is 27.5 Å². The van der Waals surface area contributed by atoms with Gasteiger partial charge in [0, 0.05) is 19.5 Å². The molecule has 10 heteroatoms. The maximum Gasteiger partial charge on any atom is 0.244 e. The summed E-state index contributed by atoms with van der Waals surface area (Å²) in [4.78, 5) is 25.7. The summed E-state index contributed by atoms with van der Waals surface area (Å²) in [7, 11) is -3.76. The molecule has 0 aliphatic rings. The molecule has 0 atom stereocenters. The Morgan fingerprint density at radius 1 is 1.03 bits per heavy atom. The number of halogens is 2. The van der Waals surface area contributed by atoms with Gasteiger partial charge in [-0.2, -0.15) is 0 Å². The third-order valence-electron chi connectivity index (χ3n) is 4.26. The summed E-state index contributed by atoms with van der Waals surface area (Å²) < 4.78 is 54.1. The Morgan fingerprint density at radius 3 is 2.20 bits per heavy atom. The van der Waals surface area contributed by atoms with Crippen LogP contribution in [0.3, 0.4) is 0 Å². The summed E-state index contributed by atoms with van der Waals surface area (Å²) in [6.07, 6.45) is -0.180. The summed E-state index contributed by atoms with van der Waals surface area (Å²) in [6.45, 7) is 3.05. The molecule has 2 amide bonds. The van der Waals surface area contributed by atoms with Crippen LogP contribution in [0.25, 0.3) is 0 Å². The lowest BCUT2D eigenvalue weighted by molar-refractivity contribution is -0.134. The quantitative estimate of drug-likeness (QED) is 0.627. The summed E-state index contributed by atoms with van der Waals surface area (Å²) >= 11 is 0. The van der Waals surface area contributed by atoms with Crippen molar-refractivity contribution in [2.45, 2.75) is 25.2 Å². The molecule has 0 aromatic heterocycles. The van der Waals surface area contributed by atoms with Crippen molar-refractivity contribution in [3.8, 4) is 0 Å². The lowest BCUT2D eigenvalue weighted by Crippen LogP contribution is -2.39. The fraction of sp³-hybridized carbons (Fsp3) is 0.300. The number of carbonyl (C=O) groups is 2. The summed E-state index contributed by atoms with van der Waals surface area (Å²) in [5.74, 6) is -3.10. The van der Waals surface area contributed by atoms with E-state index in [9.17, 15) is 26.8 Å². The lowest BCUT2D eigenvalue weighted by atomic mass is 10.2. The fourth-order valence-corrected chi connectivity index (χ4v) is 3.63. The molecule has 162 valence electrons.